The number of benzene rings is 1. The Labute approximate surface area is 98.2 Å². The van der Waals surface area contributed by atoms with Gasteiger partial charge in [0.1, 0.15) is 5.82 Å². The number of halogens is 2. The van der Waals surface area contributed by atoms with E-state index in [-0.39, 0.29) is 11.4 Å². The van der Waals surface area contributed by atoms with E-state index in [1.165, 1.54) is 12.5 Å². The minimum Gasteiger partial charge on any atom is -0.311 e. The molecular weight excluding hydrogens is 257 g/mol. The van der Waals surface area contributed by atoms with Crippen LogP contribution in [-0.4, -0.2) is 12.1 Å². The largest absolute Gasteiger partial charge is 0.311 e. The first-order valence-electron chi connectivity index (χ1n) is 5.29. The van der Waals surface area contributed by atoms with Gasteiger partial charge >= 0.3 is 0 Å². The lowest BCUT2D eigenvalue weighted by Crippen LogP contribution is -2.38. The molecule has 1 heterocycles. The summed E-state index contributed by atoms with van der Waals surface area (Å²) in [6.07, 6.45) is 3.25. The Morgan fingerprint density at radius 1 is 1.53 bits per heavy atom. The molecule has 0 amide bonds. The Kier molecular flexibility index (Phi) is 3.12. The molecular formula is C12H15BrFN. The molecule has 1 atom stereocenters. The SMILES string of the molecule is CC1(Cc2cccc(F)c2Br)CCCN1. The van der Waals surface area contributed by atoms with Crippen LogP contribution in [0.25, 0.3) is 0 Å². The van der Waals surface area contributed by atoms with E-state index >= 15 is 0 Å². The maximum absolute atomic E-state index is 13.3. The molecule has 0 radical (unpaired) electrons. The molecule has 1 unspecified atom stereocenters. The molecule has 3 heteroatoms. The summed E-state index contributed by atoms with van der Waals surface area (Å²) < 4.78 is 13.9. The first-order chi connectivity index (χ1) is 7.11. The molecule has 1 nitrogen and oxygen atoms in total. The van der Waals surface area contributed by atoms with Crippen LogP contribution >= 0.6 is 15.9 Å². The van der Waals surface area contributed by atoms with Gasteiger partial charge < -0.3 is 5.32 Å². The standard InChI is InChI=1S/C12H15BrFN/c1-12(6-3-7-15-12)8-9-4-2-5-10(14)11(9)13/h2,4-5,15H,3,6-8H2,1H3. The van der Waals surface area contributed by atoms with Crippen LogP contribution in [0.15, 0.2) is 22.7 Å². The van der Waals surface area contributed by atoms with Gasteiger partial charge in [-0.1, -0.05) is 12.1 Å². The molecule has 1 aliphatic rings. The number of hydrogen-bond acceptors (Lipinski definition) is 1. The van der Waals surface area contributed by atoms with Gasteiger partial charge in [-0.2, -0.15) is 0 Å². The van der Waals surface area contributed by atoms with Crippen molar-refractivity contribution in [3.05, 3.63) is 34.1 Å². The van der Waals surface area contributed by atoms with Crippen LogP contribution in [-0.2, 0) is 6.42 Å². The summed E-state index contributed by atoms with van der Waals surface area (Å²) in [6, 6.07) is 5.24. The van der Waals surface area contributed by atoms with Crippen molar-refractivity contribution in [1.82, 2.24) is 5.32 Å². The van der Waals surface area contributed by atoms with E-state index in [9.17, 15) is 4.39 Å². The van der Waals surface area contributed by atoms with Crippen molar-refractivity contribution >= 4 is 15.9 Å². The normalized spacial score (nSPS) is 25.8. The monoisotopic (exact) mass is 271 g/mol. The van der Waals surface area contributed by atoms with Crippen LogP contribution in [0.2, 0.25) is 0 Å². The van der Waals surface area contributed by atoms with Gasteiger partial charge in [0.25, 0.3) is 0 Å². The van der Waals surface area contributed by atoms with Crippen molar-refractivity contribution in [2.24, 2.45) is 0 Å². The zero-order chi connectivity index (χ0) is 10.9. The molecule has 0 bridgehead atoms. The molecule has 0 aliphatic carbocycles. The van der Waals surface area contributed by atoms with Crippen LogP contribution in [0.4, 0.5) is 4.39 Å². The summed E-state index contributed by atoms with van der Waals surface area (Å²) in [5, 5.41) is 3.48. The van der Waals surface area contributed by atoms with Crippen LogP contribution in [0.5, 0.6) is 0 Å². The van der Waals surface area contributed by atoms with E-state index in [1.807, 2.05) is 6.07 Å². The lowest BCUT2D eigenvalue weighted by molar-refractivity contribution is 0.411. The third kappa shape index (κ3) is 2.40. The fraction of sp³-hybridized carbons (Fsp3) is 0.500. The Morgan fingerprint density at radius 2 is 2.33 bits per heavy atom. The summed E-state index contributed by atoms with van der Waals surface area (Å²) in [6.45, 7) is 3.28. The summed E-state index contributed by atoms with van der Waals surface area (Å²) >= 11 is 3.31. The van der Waals surface area contributed by atoms with Gasteiger partial charge in [-0.3, -0.25) is 0 Å². The molecule has 0 saturated carbocycles. The highest BCUT2D eigenvalue weighted by molar-refractivity contribution is 9.10. The van der Waals surface area contributed by atoms with Gasteiger partial charge in [0.2, 0.25) is 0 Å². The average Bonchev–Trinajstić information content (AvgIpc) is 2.60. The molecule has 1 aliphatic heterocycles. The van der Waals surface area contributed by atoms with E-state index in [0.717, 1.165) is 24.9 Å². The highest BCUT2D eigenvalue weighted by atomic mass is 79.9. The van der Waals surface area contributed by atoms with Crippen molar-refractivity contribution in [3.63, 3.8) is 0 Å². The fourth-order valence-corrected chi connectivity index (χ4v) is 2.62. The van der Waals surface area contributed by atoms with Crippen molar-refractivity contribution in [1.29, 1.82) is 0 Å². The van der Waals surface area contributed by atoms with Gasteiger partial charge in [-0.25, -0.2) is 4.39 Å². The van der Waals surface area contributed by atoms with E-state index in [1.54, 1.807) is 6.07 Å². The molecule has 1 aromatic rings. The predicted molar refractivity (Wildman–Crippen MR) is 63.4 cm³/mol. The first-order valence-corrected chi connectivity index (χ1v) is 6.08. The maximum Gasteiger partial charge on any atom is 0.137 e. The summed E-state index contributed by atoms with van der Waals surface area (Å²) in [7, 11) is 0. The lowest BCUT2D eigenvalue weighted by atomic mass is 9.91. The molecule has 0 aromatic heterocycles. The van der Waals surface area contributed by atoms with Crippen molar-refractivity contribution in [2.75, 3.05) is 6.54 Å². The molecule has 1 saturated heterocycles. The highest BCUT2D eigenvalue weighted by Gasteiger charge is 2.28. The molecule has 0 spiro atoms. The molecule has 1 N–H and O–H groups in total. The first kappa shape index (κ1) is 11.1. The highest BCUT2D eigenvalue weighted by Crippen LogP contribution is 2.28. The van der Waals surface area contributed by atoms with Gasteiger partial charge in [-0.15, -0.1) is 0 Å². The zero-order valence-corrected chi connectivity index (χ0v) is 10.4. The quantitative estimate of drug-likeness (QED) is 0.871. The van der Waals surface area contributed by atoms with E-state index < -0.39 is 0 Å². The van der Waals surface area contributed by atoms with Crippen molar-refractivity contribution in [2.45, 2.75) is 31.7 Å². The van der Waals surface area contributed by atoms with Gasteiger partial charge in [-0.05, 0) is 60.3 Å². The van der Waals surface area contributed by atoms with Crippen LogP contribution in [0.3, 0.4) is 0 Å². The van der Waals surface area contributed by atoms with E-state index in [0.29, 0.717) is 4.47 Å². The summed E-state index contributed by atoms with van der Waals surface area (Å²) in [5.74, 6) is -0.172. The van der Waals surface area contributed by atoms with Crippen molar-refractivity contribution in [3.8, 4) is 0 Å². The van der Waals surface area contributed by atoms with Crippen LogP contribution in [0.1, 0.15) is 25.3 Å². The maximum atomic E-state index is 13.3. The molecule has 15 heavy (non-hydrogen) atoms. The second kappa shape index (κ2) is 4.22. The van der Waals surface area contributed by atoms with Gasteiger partial charge in [0.05, 0.1) is 4.47 Å². The Morgan fingerprint density at radius 3 is 3.00 bits per heavy atom. The van der Waals surface area contributed by atoms with E-state index in [4.69, 9.17) is 0 Å². The smallest absolute Gasteiger partial charge is 0.137 e. The topological polar surface area (TPSA) is 12.0 Å². The Bertz CT molecular complexity index is 359. The van der Waals surface area contributed by atoms with Gasteiger partial charge in [0.15, 0.2) is 0 Å². The second-order valence-corrected chi connectivity index (χ2v) is 5.27. The van der Waals surface area contributed by atoms with Crippen LogP contribution in [0, 0.1) is 5.82 Å². The minimum absolute atomic E-state index is 0.135. The summed E-state index contributed by atoms with van der Waals surface area (Å²) in [5.41, 5.74) is 1.18. The number of hydrogen-bond donors (Lipinski definition) is 1. The number of nitrogens with one attached hydrogen (secondary N) is 1. The minimum atomic E-state index is -0.172. The predicted octanol–water partition coefficient (Wildman–Crippen LogP) is 3.27. The van der Waals surface area contributed by atoms with Gasteiger partial charge in [0, 0.05) is 5.54 Å². The average molecular weight is 272 g/mol. The Balaban J connectivity index is 2.20. The molecule has 82 valence electrons. The molecule has 1 fully saturated rings. The summed E-state index contributed by atoms with van der Waals surface area (Å²) in [4.78, 5) is 0. The zero-order valence-electron chi connectivity index (χ0n) is 8.82. The Hall–Kier alpha value is -0.410. The number of rotatable bonds is 2. The third-order valence-corrected chi connectivity index (χ3v) is 3.96. The van der Waals surface area contributed by atoms with E-state index in [2.05, 4.69) is 28.2 Å². The second-order valence-electron chi connectivity index (χ2n) is 4.48. The lowest BCUT2D eigenvalue weighted by Gasteiger charge is -2.25. The third-order valence-electron chi connectivity index (χ3n) is 3.07. The fourth-order valence-electron chi connectivity index (χ4n) is 2.21. The molecule has 2 rings (SSSR count). The van der Waals surface area contributed by atoms with Crippen LogP contribution < -0.4 is 5.32 Å². The van der Waals surface area contributed by atoms with Crippen molar-refractivity contribution < 1.29 is 4.39 Å². The molecule has 1 aromatic carbocycles.